The van der Waals surface area contributed by atoms with Gasteiger partial charge in [0.2, 0.25) is 12.1 Å². The van der Waals surface area contributed by atoms with Crippen molar-refractivity contribution in [3.63, 3.8) is 0 Å². The Hall–Kier alpha value is -2.68. The fraction of sp³-hybridized carbons (Fsp3) is 0.154. The molecule has 2 aromatic heterocycles. The highest BCUT2D eigenvalue weighted by atomic mass is 35.5. The molecule has 5 aliphatic heterocycles. The van der Waals surface area contributed by atoms with Crippen molar-refractivity contribution in [1.29, 1.82) is 0 Å². The third kappa shape index (κ3) is 2.06. The molecular formula is C26H18Cl2N2+2. The summed E-state index contributed by atoms with van der Waals surface area (Å²) in [6, 6.07) is 26.3. The third-order valence-electron chi connectivity index (χ3n) is 7.12. The van der Waals surface area contributed by atoms with Gasteiger partial charge in [0.15, 0.2) is 23.8 Å². The van der Waals surface area contributed by atoms with Crippen LogP contribution >= 0.6 is 23.2 Å². The molecule has 30 heavy (non-hydrogen) atoms. The molecule has 0 N–H and O–H groups in total. The maximum atomic E-state index is 6.53. The number of aromatic nitrogens is 2. The van der Waals surface area contributed by atoms with E-state index in [1.54, 1.807) is 0 Å². The zero-order chi connectivity index (χ0) is 20.0. The second-order valence-corrected chi connectivity index (χ2v) is 9.33. The SMILES string of the molecule is Clc1ccc2c(c1)[C@H]1c3cccc[n+]3[C@@H]2[C@H]2c3cc(Cl)ccc3[C@@H]1[n+]1ccccc12. The van der Waals surface area contributed by atoms with Gasteiger partial charge in [0.05, 0.1) is 0 Å². The molecule has 0 unspecified atom stereocenters. The Morgan fingerprint density at radius 2 is 1.00 bits per heavy atom. The van der Waals surface area contributed by atoms with E-state index in [4.69, 9.17) is 23.2 Å². The van der Waals surface area contributed by atoms with Gasteiger partial charge in [-0.1, -0.05) is 47.5 Å². The standard InChI is InChI=1S/C26H18Cl2N2/c27-15-7-9-17-19(13-15)23-21-5-1-3-11-29(21)26(17)24-20-14-16(28)8-10-18(20)25(23)30-12-4-2-6-22(24)30/h1-14,23-26H/q+2/t23-,24-,25-,26-/m0/s1. The van der Waals surface area contributed by atoms with E-state index >= 15 is 0 Å². The molecular weight excluding hydrogens is 411 g/mol. The normalized spacial score (nSPS) is 24.3. The van der Waals surface area contributed by atoms with Gasteiger partial charge in [0, 0.05) is 45.4 Å². The Bertz CT molecular complexity index is 1260. The van der Waals surface area contributed by atoms with Crippen LogP contribution in [0.5, 0.6) is 0 Å². The van der Waals surface area contributed by atoms with E-state index in [0.717, 1.165) is 10.0 Å². The average molecular weight is 429 g/mol. The maximum Gasteiger partial charge on any atom is 0.200 e. The molecule has 6 aliphatic rings. The van der Waals surface area contributed by atoms with Gasteiger partial charge in [0.25, 0.3) is 0 Å². The van der Waals surface area contributed by atoms with Crippen LogP contribution in [0, 0.1) is 0 Å². The Labute approximate surface area is 185 Å². The highest BCUT2D eigenvalue weighted by molar-refractivity contribution is 6.31. The maximum absolute atomic E-state index is 6.53. The highest BCUT2D eigenvalue weighted by Crippen LogP contribution is 2.54. The molecule has 0 fully saturated rings. The predicted molar refractivity (Wildman–Crippen MR) is 116 cm³/mol. The molecule has 0 saturated heterocycles. The molecule has 144 valence electrons. The van der Waals surface area contributed by atoms with E-state index in [9.17, 15) is 0 Å². The summed E-state index contributed by atoms with van der Waals surface area (Å²) in [5.74, 6) is 0.340. The number of nitrogens with zero attached hydrogens (tertiary/aromatic N) is 2. The van der Waals surface area contributed by atoms with Crippen molar-refractivity contribution in [1.82, 2.24) is 0 Å². The topological polar surface area (TPSA) is 7.76 Å². The summed E-state index contributed by atoms with van der Waals surface area (Å²) in [6.45, 7) is 0. The minimum absolute atomic E-state index is 0.150. The van der Waals surface area contributed by atoms with Crippen LogP contribution in [0.4, 0.5) is 0 Å². The molecule has 4 aromatic rings. The van der Waals surface area contributed by atoms with E-state index in [2.05, 4.69) is 82.2 Å². The molecule has 0 amide bonds. The van der Waals surface area contributed by atoms with Gasteiger partial charge in [0.1, 0.15) is 11.8 Å². The molecule has 4 atom stereocenters. The lowest BCUT2D eigenvalue weighted by molar-refractivity contribution is -0.769. The predicted octanol–water partition coefficient (Wildman–Crippen LogP) is 5.35. The van der Waals surface area contributed by atoms with Crippen molar-refractivity contribution in [3.05, 3.63) is 129 Å². The van der Waals surface area contributed by atoms with Gasteiger partial charge in [-0.25, -0.2) is 0 Å². The molecule has 0 radical (unpaired) electrons. The number of rotatable bonds is 0. The summed E-state index contributed by atoms with van der Waals surface area (Å²) >= 11 is 13.1. The Morgan fingerprint density at radius 1 is 0.533 bits per heavy atom. The van der Waals surface area contributed by atoms with E-state index < -0.39 is 0 Å². The lowest BCUT2D eigenvalue weighted by Crippen LogP contribution is -2.62. The second kappa shape index (κ2) is 5.94. The molecule has 1 aliphatic carbocycles. The fourth-order valence-electron chi connectivity index (χ4n) is 6.10. The smallest absolute Gasteiger partial charge is 0.193 e. The van der Waals surface area contributed by atoms with E-state index in [-0.39, 0.29) is 23.9 Å². The number of hydrogen-bond donors (Lipinski definition) is 0. The number of hydrogen-bond acceptors (Lipinski definition) is 0. The Morgan fingerprint density at radius 3 is 1.47 bits per heavy atom. The molecule has 10 rings (SSSR count). The van der Waals surface area contributed by atoms with Gasteiger partial charge >= 0.3 is 0 Å². The Balaban J connectivity index is 1.68. The zero-order valence-electron chi connectivity index (χ0n) is 16.0. The first-order valence-electron chi connectivity index (χ1n) is 10.3. The second-order valence-electron chi connectivity index (χ2n) is 8.46. The Kier molecular flexibility index (Phi) is 3.37. The van der Waals surface area contributed by atoms with Crippen LogP contribution in [0.25, 0.3) is 0 Å². The number of halogens is 2. The number of benzene rings is 2. The first-order valence-corrected chi connectivity index (χ1v) is 11.1. The van der Waals surface area contributed by atoms with Crippen LogP contribution in [0.15, 0.2) is 85.2 Å². The lowest BCUT2D eigenvalue weighted by atomic mass is 9.65. The molecule has 4 heteroatoms. The van der Waals surface area contributed by atoms with Crippen LogP contribution in [0.2, 0.25) is 10.0 Å². The fourth-order valence-corrected chi connectivity index (χ4v) is 6.46. The summed E-state index contributed by atoms with van der Waals surface area (Å²) in [4.78, 5) is 0. The van der Waals surface area contributed by atoms with Gasteiger partial charge in [-0.3, -0.25) is 0 Å². The molecule has 0 spiro atoms. The number of pyridine rings is 2. The van der Waals surface area contributed by atoms with Gasteiger partial charge < -0.3 is 0 Å². The van der Waals surface area contributed by atoms with Crippen molar-refractivity contribution in [2.75, 3.05) is 0 Å². The molecule has 0 saturated carbocycles. The van der Waals surface area contributed by atoms with Crippen LogP contribution in [-0.2, 0) is 0 Å². The summed E-state index contributed by atoms with van der Waals surface area (Å²) in [5.41, 5.74) is 8.10. The molecule has 4 bridgehead atoms. The van der Waals surface area contributed by atoms with E-state index in [1.807, 2.05) is 12.1 Å². The largest absolute Gasteiger partial charge is 0.200 e. The van der Waals surface area contributed by atoms with Gasteiger partial charge in [-0.05, 0) is 35.4 Å². The molecule has 2 aromatic carbocycles. The summed E-state index contributed by atoms with van der Waals surface area (Å²) < 4.78 is 4.97. The summed E-state index contributed by atoms with van der Waals surface area (Å²) in [6.07, 6.45) is 4.48. The minimum atomic E-state index is 0.150. The van der Waals surface area contributed by atoms with Crippen molar-refractivity contribution in [3.8, 4) is 0 Å². The van der Waals surface area contributed by atoms with E-state index in [0.29, 0.717) is 0 Å². The summed E-state index contributed by atoms with van der Waals surface area (Å²) in [5, 5.41) is 1.60. The monoisotopic (exact) mass is 428 g/mol. The van der Waals surface area contributed by atoms with Crippen LogP contribution in [-0.4, -0.2) is 0 Å². The summed E-state index contributed by atoms with van der Waals surface area (Å²) in [7, 11) is 0. The van der Waals surface area contributed by atoms with Crippen LogP contribution < -0.4 is 9.13 Å². The molecule has 2 nitrogen and oxygen atoms in total. The van der Waals surface area contributed by atoms with Crippen molar-refractivity contribution >= 4 is 23.2 Å². The van der Waals surface area contributed by atoms with Crippen molar-refractivity contribution < 1.29 is 9.13 Å². The van der Waals surface area contributed by atoms with Crippen molar-refractivity contribution in [2.45, 2.75) is 23.9 Å². The molecule has 7 heterocycles. The minimum Gasteiger partial charge on any atom is -0.193 e. The van der Waals surface area contributed by atoms with Gasteiger partial charge in [-0.2, -0.15) is 9.13 Å². The highest BCUT2D eigenvalue weighted by Gasteiger charge is 2.58. The van der Waals surface area contributed by atoms with Crippen LogP contribution in [0.3, 0.4) is 0 Å². The quantitative estimate of drug-likeness (QED) is 0.333. The third-order valence-corrected chi connectivity index (χ3v) is 7.59. The van der Waals surface area contributed by atoms with Crippen molar-refractivity contribution in [2.24, 2.45) is 0 Å². The average Bonchev–Trinajstić information content (AvgIpc) is 2.75. The first kappa shape index (κ1) is 17.0. The first-order chi connectivity index (χ1) is 14.7. The lowest BCUT2D eigenvalue weighted by Gasteiger charge is -2.42. The van der Waals surface area contributed by atoms with Crippen LogP contribution in [0.1, 0.15) is 57.6 Å². The van der Waals surface area contributed by atoms with E-state index in [1.165, 1.54) is 33.6 Å². The zero-order valence-corrected chi connectivity index (χ0v) is 17.6. The van der Waals surface area contributed by atoms with Gasteiger partial charge in [-0.15, -0.1) is 0 Å².